The molecule has 0 saturated heterocycles. The van der Waals surface area contributed by atoms with Gasteiger partial charge in [0.05, 0.1) is 0 Å². The second-order valence-corrected chi connectivity index (χ2v) is 6.22. The molecule has 13 heavy (non-hydrogen) atoms. The fourth-order valence-electron chi connectivity index (χ4n) is 2.11. The van der Waals surface area contributed by atoms with Crippen LogP contribution in [0.2, 0.25) is 0 Å². The van der Waals surface area contributed by atoms with E-state index in [2.05, 4.69) is 20.8 Å². The average Bonchev–Trinajstić information content (AvgIpc) is 2.01. The maximum absolute atomic E-state index is 6.31. The summed E-state index contributed by atoms with van der Waals surface area (Å²) in [5.41, 5.74) is 0.480. The molecule has 2 atom stereocenters. The maximum atomic E-state index is 6.31. The van der Waals surface area contributed by atoms with E-state index in [0.29, 0.717) is 10.8 Å². The zero-order valence-electron chi connectivity index (χ0n) is 9.28. The summed E-state index contributed by atoms with van der Waals surface area (Å²) in [5, 5.41) is 0.469. The first-order valence-corrected chi connectivity index (χ1v) is 6.07. The highest BCUT2D eigenvalue weighted by Crippen LogP contribution is 2.34. The third-order valence-corrected chi connectivity index (χ3v) is 3.66. The van der Waals surface area contributed by atoms with Crippen molar-refractivity contribution in [3.63, 3.8) is 0 Å². The Balaban J connectivity index is 2.27. The van der Waals surface area contributed by atoms with Gasteiger partial charge in [-0.3, -0.25) is 0 Å². The van der Waals surface area contributed by atoms with Crippen molar-refractivity contribution in [3.8, 4) is 0 Å². The molecule has 1 aliphatic rings. The van der Waals surface area contributed by atoms with Gasteiger partial charge in [0.1, 0.15) is 0 Å². The predicted molar refractivity (Wildman–Crippen MR) is 60.3 cm³/mol. The minimum atomic E-state index is 0.469. The number of halogens is 1. The fourth-order valence-corrected chi connectivity index (χ4v) is 2.51. The molecule has 0 bridgehead atoms. The first kappa shape index (κ1) is 11.4. The van der Waals surface area contributed by atoms with Crippen molar-refractivity contribution >= 4 is 11.6 Å². The number of alkyl halides is 1. The minimum Gasteiger partial charge on any atom is -0.123 e. The van der Waals surface area contributed by atoms with Crippen LogP contribution in [0.25, 0.3) is 0 Å². The molecular weight excluding hydrogens is 180 g/mol. The summed E-state index contributed by atoms with van der Waals surface area (Å²) in [6.45, 7) is 6.96. The molecule has 0 heterocycles. The molecule has 1 rings (SSSR count). The Morgan fingerprint density at radius 2 is 1.77 bits per heavy atom. The molecule has 1 fully saturated rings. The average molecular weight is 203 g/mol. The van der Waals surface area contributed by atoms with Gasteiger partial charge in [0, 0.05) is 5.38 Å². The topological polar surface area (TPSA) is 0 Å². The third-order valence-electron chi connectivity index (χ3n) is 3.08. The van der Waals surface area contributed by atoms with Gasteiger partial charge in [0.2, 0.25) is 0 Å². The molecule has 78 valence electrons. The Bertz CT molecular complexity index is 146. The van der Waals surface area contributed by atoms with Gasteiger partial charge in [0.25, 0.3) is 0 Å². The summed E-state index contributed by atoms with van der Waals surface area (Å²) in [5.74, 6) is 0.801. The molecule has 0 aromatic carbocycles. The standard InChI is InChI=1S/C12H23Cl/c1-12(2,3)9-8-10-6-4-5-7-11(10)13/h10-11H,4-9H2,1-3H3. The van der Waals surface area contributed by atoms with Crippen molar-refractivity contribution < 1.29 is 0 Å². The summed E-state index contributed by atoms with van der Waals surface area (Å²) in [4.78, 5) is 0. The second kappa shape index (κ2) is 4.68. The summed E-state index contributed by atoms with van der Waals surface area (Å²) < 4.78 is 0. The Kier molecular flexibility index (Phi) is 4.09. The van der Waals surface area contributed by atoms with Crippen LogP contribution in [-0.4, -0.2) is 5.38 Å². The van der Waals surface area contributed by atoms with E-state index in [1.54, 1.807) is 0 Å². The normalized spacial score (nSPS) is 30.5. The number of hydrogen-bond donors (Lipinski definition) is 0. The molecule has 0 nitrogen and oxygen atoms in total. The van der Waals surface area contributed by atoms with Crippen molar-refractivity contribution in [2.45, 2.75) is 64.7 Å². The van der Waals surface area contributed by atoms with E-state index in [1.165, 1.54) is 38.5 Å². The number of hydrogen-bond acceptors (Lipinski definition) is 0. The van der Waals surface area contributed by atoms with Gasteiger partial charge >= 0.3 is 0 Å². The Morgan fingerprint density at radius 3 is 2.31 bits per heavy atom. The lowest BCUT2D eigenvalue weighted by atomic mass is 9.80. The lowest BCUT2D eigenvalue weighted by Crippen LogP contribution is -2.21. The van der Waals surface area contributed by atoms with E-state index < -0.39 is 0 Å². The summed E-state index contributed by atoms with van der Waals surface area (Å²) >= 11 is 6.31. The molecule has 0 amide bonds. The summed E-state index contributed by atoms with van der Waals surface area (Å²) in [6, 6.07) is 0. The summed E-state index contributed by atoms with van der Waals surface area (Å²) in [6.07, 6.45) is 8.01. The molecule has 0 aromatic heterocycles. The van der Waals surface area contributed by atoms with Crippen molar-refractivity contribution in [2.75, 3.05) is 0 Å². The van der Waals surface area contributed by atoms with E-state index in [9.17, 15) is 0 Å². The highest BCUT2D eigenvalue weighted by Gasteiger charge is 2.24. The van der Waals surface area contributed by atoms with E-state index in [0.717, 1.165) is 5.92 Å². The van der Waals surface area contributed by atoms with Crippen LogP contribution in [0.1, 0.15) is 59.3 Å². The van der Waals surface area contributed by atoms with E-state index in [4.69, 9.17) is 11.6 Å². The first-order chi connectivity index (χ1) is 5.99. The van der Waals surface area contributed by atoms with Crippen LogP contribution in [0.3, 0.4) is 0 Å². The molecule has 0 aromatic rings. The fraction of sp³-hybridized carbons (Fsp3) is 1.00. The Morgan fingerprint density at radius 1 is 1.15 bits per heavy atom. The Labute approximate surface area is 88.1 Å². The van der Waals surface area contributed by atoms with Crippen molar-refractivity contribution in [1.82, 2.24) is 0 Å². The van der Waals surface area contributed by atoms with Gasteiger partial charge in [-0.25, -0.2) is 0 Å². The van der Waals surface area contributed by atoms with Crippen molar-refractivity contribution in [2.24, 2.45) is 11.3 Å². The molecule has 1 saturated carbocycles. The molecule has 2 unspecified atom stereocenters. The van der Waals surface area contributed by atoms with E-state index in [1.807, 2.05) is 0 Å². The van der Waals surface area contributed by atoms with Crippen LogP contribution in [0.4, 0.5) is 0 Å². The van der Waals surface area contributed by atoms with Crippen LogP contribution in [0.5, 0.6) is 0 Å². The van der Waals surface area contributed by atoms with Crippen LogP contribution < -0.4 is 0 Å². The first-order valence-electron chi connectivity index (χ1n) is 5.63. The van der Waals surface area contributed by atoms with E-state index in [-0.39, 0.29) is 0 Å². The third kappa shape index (κ3) is 4.35. The molecule has 0 N–H and O–H groups in total. The van der Waals surface area contributed by atoms with Gasteiger partial charge < -0.3 is 0 Å². The number of rotatable bonds is 2. The van der Waals surface area contributed by atoms with Gasteiger partial charge in [-0.05, 0) is 37.0 Å². The monoisotopic (exact) mass is 202 g/mol. The predicted octanol–water partition coefficient (Wildman–Crippen LogP) is 4.61. The van der Waals surface area contributed by atoms with Gasteiger partial charge in [-0.1, -0.05) is 33.6 Å². The van der Waals surface area contributed by atoms with Crippen LogP contribution in [0, 0.1) is 11.3 Å². The van der Waals surface area contributed by atoms with Crippen molar-refractivity contribution in [1.29, 1.82) is 0 Å². The van der Waals surface area contributed by atoms with Crippen molar-refractivity contribution in [3.05, 3.63) is 0 Å². The largest absolute Gasteiger partial charge is 0.123 e. The highest BCUT2D eigenvalue weighted by atomic mass is 35.5. The van der Waals surface area contributed by atoms with Crippen LogP contribution in [0.15, 0.2) is 0 Å². The minimum absolute atomic E-state index is 0.469. The zero-order valence-corrected chi connectivity index (χ0v) is 10.0. The molecule has 1 heteroatoms. The quantitative estimate of drug-likeness (QED) is 0.574. The molecule has 0 spiro atoms. The lowest BCUT2D eigenvalue weighted by Gasteiger charge is -2.29. The molecule has 0 aliphatic heterocycles. The van der Waals surface area contributed by atoms with Crippen LogP contribution in [-0.2, 0) is 0 Å². The van der Waals surface area contributed by atoms with Gasteiger partial charge in [0.15, 0.2) is 0 Å². The van der Waals surface area contributed by atoms with E-state index >= 15 is 0 Å². The van der Waals surface area contributed by atoms with Crippen LogP contribution >= 0.6 is 11.6 Å². The molecule has 1 aliphatic carbocycles. The molecular formula is C12H23Cl. The second-order valence-electron chi connectivity index (χ2n) is 5.66. The Hall–Kier alpha value is 0.290. The van der Waals surface area contributed by atoms with Gasteiger partial charge in [-0.2, -0.15) is 0 Å². The highest BCUT2D eigenvalue weighted by molar-refractivity contribution is 6.20. The summed E-state index contributed by atoms with van der Waals surface area (Å²) in [7, 11) is 0. The lowest BCUT2D eigenvalue weighted by molar-refractivity contribution is 0.278. The zero-order chi connectivity index (χ0) is 9.90. The van der Waals surface area contributed by atoms with Gasteiger partial charge in [-0.15, -0.1) is 11.6 Å². The smallest absolute Gasteiger partial charge is 0.0364 e. The maximum Gasteiger partial charge on any atom is 0.0364 e. The SMILES string of the molecule is CC(C)(C)CCC1CCCCC1Cl. The molecule has 0 radical (unpaired) electrons.